The molecule has 6 heteroatoms. The summed E-state index contributed by atoms with van der Waals surface area (Å²) in [5.74, 6) is 1.64. The molecule has 5 rings (SSSR count). The van der Waals surface area contributed by atoms with Gasteiger partial charge in [0.05, 0.1) is 17.8 Å². The first-order chi connectivity index (χ1) is 18.0. The first-order valence-electron chi connectivity index (χ1n) is 13.1. The van der Waals surface area contributed by atoms with Gasteiger partial charge in [0.2, 0.25) is 0 Å². The highest BCUT2D eigenvalue weighted by Gasteiger charge is 2.23. The van der Waals surface area contributed by atoms with Crippen molar-refractivity contribution < 1.29 is 4.74 Å². The fourth-order valence-electron chi connectivity index (χ4n) is 5.05. The number of rotatable bonds is 8. The van der Waals surface area contributed by atoms with Crippen molar-refractivity contribution in [3.8, 4) is 28.0 Å². The minimum Gasteiger partial charge on any atom is -0.475 e. The number of aryl methyl sites for hydroxylation is 2. The van der Waals surface area contributed by atoms with E-state index in [4.69, 9.17) is 21.2 Å². The van der Waals surface area contributed by atoms with E-state index in [0.717, 1.165) is 70.0 Å². The number of hydrogen-bond donors (Lipinski definition) is 2. The van der Waals surface area contributed by atoms with Gasteiger partial charge in [-0.2, -0.15) is 0 Å². The van der Waals surface area contributed by atoms with Crippen molar-refractivity contribution in [2.75, 3.05) is 5.73 Å². The summed E-state index contributed by atoms with van der Waals surface area (Å²) in [6.45, 7) is 4.67. The maximum atomic E-state index is 14.1. The minimum atomic E-state index is -0.337. The topological polar surface area (TPSA) is 96.2 Å². The van der Waals surface area contributed by atoms with Crippen molar-refractivity contribution in [3.63, 3.8) is 0 Å². The second-order valence-corrected chi connectivity index (χ2v) is 9.67. The van der Waals surface area contributed by atoms with E-state index in [2.05, 4.69) is 38.1 Å². The molecule has 6 nitrogen and oxygen atoms in total. The Morgan fingerprint density at radius 2 is 1.78 bits per heavy atom. The van der Waals surface area contributed by atoms with Gasteiger partial charge in [-0.25, -0.2) is 4.98 Å². The Kier molecular flexibility index (Phi) is 7.10. The number of hydrogen-bond acceptors (Lipinski definition) is 5. The van der Waals surface area contributed by atoms with Crippen molar-refractivity contribution in [1.29, 1.82) is 0 Å². The number of nitrogens with two attached hydrogens (primary N) is 2. The fraction of sp³-hybridized carbons (Fsp3) is 0.290. The summed E-state index contributed by atoms with van der Waals surface area (Å²) in [5, 5.41) is 0. The highest BCUT2D eigenvalue weighted by Crippen LogP contribution is 2.32. The first kappa shape index (κ1) is 24.8. The molecular weight excluding hydrogens is 460 g/mol. The molecule has 0 amide bonds. The summed E-state index contributed by atoms with van der Waals surface area (Å²) >= 11 is 0. The van der Waals surface area contributed by atoms with Gasteiger partial charge >= 0.3 is 0 Å². The third-order valence-corrected chi connectivity index (χ3v) is 7.03. The van der Waals surface area contributed by atoms with Crippen LogP contribution in [0.4, 0.5) is 5.69 Å². The molecule has 1 aliphatic rings. The highest BCUT2D eigenvalue weighted by atomic mass is 16.5. The number of benzene rings is 3. The molecule has 0 radical (unpaired) electrons. The van der Waals surface area contributed by atoms with Crippen LogP contribution in [0.3, 0.4) is 0 Å². The zero-order valence-corrected chi connectivity index (χ0v) is 21.5. The molecule has 0 aliphatic carbocycles. The number of anilines is 1. The van der Waals surface area contributed by atoms with Crippen LogP contribution in [-0.2, 0) is 25.8 Å². The molecule has 37 heavy (non-hydrogen) atoms. The van der Waals surface area contributed by atoms with Crippen LogP contribution < -0.4 is 21.8 Å². The number of unbranched alkanes of at least 4 members (excludes halogenated alkanes) is 1. The highest BCUT2D eigenvalue weighted by molar-refractivity contribution is 5.76. The van der Waals surface area contributed by atoms with Crippen LogP contribution in [0.25, 0.3) is 22.3 Å². The third kappa shape index (κ3) is 5.02. The molecule has 0 fully saturated rings. The predicted molar refractivity (Wildman–Crippen MR) is 150 cm³/mol. The van der Waals surface area contributed by atoms with Gasteiger partial charge in [-0.3, -0.25) is 15.1 Å². The normalized spacial score (nSPS) is 14.4. The number of nitrogen functional groups attached to an aromatic ring is 1. The molecule has 0 bridgehead atoms. The third-order valence-electron chi connectivity index (χ3n) is 7.03. The van der Waals surface area contributed by atoms with Crippen molar-refractivity contribution in [2.24, 2.45) is 5.73 Å². The van der Waals surface area contributed by atoms with E-state index in [1.165, 1.54) is 0 Å². The van der Waals surface area contributed by atoms with E-state index in [1.54, 1.807) is 0 Å². The zero-order valence-electron chi connectivity index (χ0n) is 21.5. The quantitative estimate of drug-likeness (QED) is 0.323. The van der Waals surface area contributed by atoms with Gasteiger partial charge in [0.1, 0.15) is 11.6 Å². The summed E-state index contributed by atoms with van der Waals surface area (Å²) in [7, 11) is 0. The monoisotopic (exact) mass is 494 g/mol. The Balaban J connectivity index is 1.56. The van der Waals surface area contributed by atoms with Crippen LogP contribution in [0, 0.1) is 0 Å². The number of aromatic nitrogens is 2. The van der Waals surface area contributed by atoms with Gasteiger partial charge in [-0.15, -0.1) is 0 Å². The molecule has 1 aromatic heterocycles. The maximum absolute atomic E-state index is 14.1. The van der Waals surface area contributed by atoms with Gasteiger partial charge < -0.3 is 10.5 Å². The molecule has 2 heterocycles. The summed E-state index contributed by atoms with van der Waals surface area (Å²) in [6, 6.07) is 22.0. The lowest BCUT2D eigenvalue weighted by Crippen LogP contribution is -2.29. The zero-order chi connectivity index (χ0) is 25.9. The Morgan fingerprint density at radius 1 is 1.03 bits per heavy atom. The molecule has 4 aromatic rings. The maximum Gasteiger partial charge on any atom is 0.261 e. The number of fused-ring (bicyclic) bond motifs is 1. The summed E-state index contributed by atoms with van der Waals surface area (Å²) < 4.78 is 7.52. The summed E-state index contributed by atoms with van der Waals surface area (Å²) in [6.07, 6.45) is 3.78. The largest absolute Gasteiger partial charge is 0.475 e. The molecule has 1 atom stereocenters. The lowest BCUT2D eigenvalue weighted by Gasteiger charge is -2.18. The first-order valence-corrected chi connectivity index (χ1v) is 13.1. The van der Waals surface area contributed by atoms with Crippen LogP contribution >= 0.6 is 0 Å². The Hall–Kier alpha value is -3.90. The van der Waals surface area contributed by atoms with Crippen LogP contribution in [0.5, 0.6) is 5.75 Å². The Morgan fingerprint density at radius 3 is 2.51 bits per heavy atom. The lowest BCUT2D eigenvalue weighted by molar-refractivity contribution is 0.241. The van der Waals surface area contributed by atoms with Crippen molar-refractivity contribution in [2.45, 2.75) is 58.7 Å². The predicted octanol–water partition coefficient (Wildman–Crippen LogP) is 5.33. The van der Waals surface area contributed by atoms with Crippen LogP contribution in [0.1, 0.15) is 49.3 Å². The Bertz CT molecular complexity index is 1470. The van der Waals surface area contributed by atoms with E-state index in [9.17, 15) is 4.79 Å². The molecule has 0 spiro atoms. The molecule has 4 N–H and O–H groups in total. The lowest BCUT2D eigenvalue weighted by atomic mass is 9.99. The van der Waals surface area contributed by atoms with Gasteiger partial charge in [-0.05, 0) is 53.3 Å². The number of ether oxygens (including phenoxy) is 1. The average Bonchev–Trinajstić information content (AvgIpc) is 3.28. The number of nitrogens with zero attached hydrogens (tertiary/aromatic N) is 2. The van der Waals surface area contributed by atoms with Crippen LogP contribution in [0.2, 0.25) is 0 Å². The standard InChI is InChI=1S/C31H34N4O2/c1-3-5-10-29-34-26(4-2)30(22-15-16-27-23(17-22)18-28(33)37-27)31(36)35(29)19-20-11-13-21(14-12-20)24-8-6-7-9-25(24)32/h6-9,11-17,28H,3-5,10,18-19,32-33H2,1-2H3. The van der Waals surface area contributed by atoms with E-state index in [-0.39, 0.29) is 11.8 Å². The van der Waals surface area contributed by atoms with Gasteiger partial charge in [0, 0.05) is 24.1 Å². The fourth-order valence-corrected chi connectivity index (χ4v) is 5.05. The summed E-state index contributed by atoms with van der Waals surface area (Å²) in [4.78, 5) is 19.1. The molecule has 0 saturated carbocycles. The minimum absolute atomic E-state index is 0.00232. The van der Waals surface area contributed by atoms with Crippen molar-refractivity contribution in [3.05, 3.63) is 99.7 Å². The summed E-state index contributed by atoms with van der Waals surface area (Å²) in [5.41, 5.74) is 19.4. The molecule has 190 valence electrons. The van der Waals surface area contributed by atoms with Gasteiger partial charge in [0.15, 0.2) is 6.23 Å². The van der Waals surface area contributed by atoms with E-state index < -0.39 is 0 Å². The number of para-hydroxylation sites is 1. The van der Waals surface area contributed by atoms with E-state index in [0.29, 0.717) is 24.9 Å². The molecule has 0 saturated heterocycles. The van der Waals surface area contributed by atoms with Gasteiger partial charge in [-0.1, -0.05) is 68.8 Å². The Labute approximate surface area is 217 Å². The second-order valence-electron chi connectivity index (χ2n) is 9.67. The van der Waals surface area contributed by atoms with Crippen LogP contribution in [-0.4, -0.2) is 15.8 Å². The molecule has 3 aromatic carbocycles. The van der Waals surface area contributed by atoms with E-state index >= 15 is 0 Å². The molecule has 1 unspecified atom stereocenters. The molecule has 1 aliphatic heterocycles. The van der Waals surface area contributed by atoms with Gasteiger partial charge in [0.25, 0.3) is 5.56 Å². The molecular formula is C31H34N4O2. The van der Waals surface area contributed by atoms with Crippen molar-refractivity contribution >= 4 is 5.69 Å². The SMILES string of the molecule is CCCCc1nc(CC)c(-c2ccc3c(c2)CC(N)O3)c(=O)n1Cc1ccc(-c2ccccc2N)cc1. The van der Waals surface area contributed by atoms with E-state index in [1.807, 2.05) is 47.0 Å². The smallest absolute Gasteiger partial charge is 0.261 e. The van der Waals surface area contributed by atoms with Crippen molar-refractivity contribution in [1.82, 2.24) is 9.55 Å². The second kappa shape index (κ2) is 10.6. The average molecular weight is 495 g/mol. The van der Waals surface area contributed by atoms with Crippen LogP contribution in [0.15, 0.2) is 71.5 Å².